The van der Waals surface area contributed by atoms with Gasteiger partial charge in [-0.2, -0.15) is 0 Å². The Hall–Kier alpha value is -2.15. The van der Waals surface area contributed by atoms with Gasteiger partial charge in [-0.05, 0) is 52.3 Å². The number of nitrogens with two attached hydrogens (primary N) is 1. The Balaban J connectivity index is 2.19. The molecule has 2 rings (SSSR count). The first-order valence-corrected chi connectivity index (χ1v) is 7.79. The van der Waals surface area contributed by atoms with Crippen molar-refractivity contribution in [2.24, 2.45) is 5.73 Å². The summed E-state index contributed by atoms with van der Waals surface area (Å²) < 4.78 is 6.96. The van der Waals surface area contributed by atoms with Crippen LogP contribution in [0.2, 0.25) is 0 Å². The second kappa shape index (κ2) is 6.95. The van der Waals surface area contributed by atoms with Crippen molar-refractivity contribution in [2.75, 3.05) is 6.54 Å². The summed E-state index contributed by atoms with van der Waals surface area (Å²) in [7, 11) is 0. The number of fused-ring (bicyclic) bond motifs is 1. The molecule has 0 fully saturated rings. The van der Waals surface area contributed by atoms with Crippen LogP contribution in [0.5, 0.6) is 0 Å². The molecule has 1 atom stereocenters. The Morgan fingerprint density at radius 1 is 1.43 bits per heavy atom. The molecule has 0 aromatic carbocycles. The van der Waals surface area contributed by atoms with Crippen molar-refractivity contribution in [2.45, 2.75) is 51.7 Å². The second-order valence-electron chi connectivity index (χ2n) is 6.53. The number of H-pyrrole nitrogens is 1. The van der Waals surface area contributed by atoms with Gasteiger partial charge in [-0.3, -0.25) is 14.3 Å². The van der Waals surface area contributed by atoms with E-state index in [1.165, 1.54) is 0 Å². The Morgan fingerprint density at radius 3 is 2.83 bits per heavy atom. The van der Waals surface area contributed by atoms with Crippen molar-refractivity contribution < 1.29 is 9.53 Å². The highest BCUT2D eigenvalue weighted by atomic mass is 16.6. The molecule has 7 nitrogen and oxygen atoms in total. The van der Waals surface area contributed by atoms with Gasteiger partial charge in [-0.25, -0.2) is 9.78 Å². The van der Waals surface area contributed by atoms with Crippen LogP contribution in [0.25, 0.3) is 11.2 Å². The average molecular weight is 320 g/mol. The molecule has 2 heterocycles. The van der Waals surface area contributed by atoms with Crippen molar-refractivity contribution in [3.63, 3.8) is 0 Å². The fourth-order valence-corrected chi connectivity index (χ4v) is 2.59. The number of hydrogen-bond donors (Lipinski definition) is 2. The molecule has 2 aromatic heterocycles. The molecule has 0 saturated carbocycles. The van der Waals surface area contributed by atoms with Gasteiger partial charge in [0.25, 0.3) is 0 Å². The largest absolute Gasteiger partial charge is 0.460 e. The molecule has 23 heavy (non-hydrogen) atoms. The van der Waals surface area contributed by atoms with E-state index < -0.39 is 5.60 Å². The number of hydrogen-bond acceptors (Lipinski definition) is 5. The smallest absolute Gasteiger partial charge is 0.327 e. The fraction of sp³-hybridized carbons (Fsp3) is 0.562. The molecule has 7 heteroatoms. The zero-order valence-electron chi connectivity index (χ0n) is 13.8. The maximum absolute atomic E-state index is 12.2. The minimum absolute atomic E-state index is 0.169. The molecule has 2 aromatic rings. The van der Waals surface area contributed by atoms with Gasteiger partial charge in [-0.1, -0.05) is 0 Å². The number of esters is 1. The van der Waals surface area contributed by atoms with E-state index in [1.807, 2.05) is 26.8 Å². The van der Waals surface area contributed by atoms with Gasteiger partial charge < -0.3 is 10.5 Å². The highest BCUT2D eigenvalue weighted by Gasteiger charge is 2.21. The van der Waals surface area contributed by atoms with Crippen LogP contribution in [0.1, 0.15) is 46.1 Å². The lowest BCUT2D eigenvalue weighted by atomic mass is 10.1. The maximum Gasteiger partial charge on any atom is 0.327 e. The predicted molar refractivity (Wildman–Crippen MR) is 88.1 cm³/mol. The molecule has 0 radical (unpaired) electrons. The highest BCUT2D eigenvalue weighted by Crippen LogP contribution is 2.21. The standard InChI is InChI=1S/C16H24N4O3/c1-16(2,3)23-13(21)7-6-11(8-9-17)20-12-5-4-10-18-14(12)19-15(20)22/h4-5,10-11H,6-9,17H2,1-3H3,(H,18,19,22). The topological polar surface area (TPSA) is 103 Å². The van der Waals surface area contributed by atoms with Gasteiger partial charge in [0.05, 0.1) is 5.52 Å². The van der Waals surface area contributed by atoms with Crippen molar-refractivity contribution in [3.05, 3.63) is 28.8 Å². The summed E-state index contributed by atoms with van der Waals surface area (Å²) in [4.78, 5) is 31.0. The molecule has 0 amide bonds. The SMILES string of the molecule is CC(C)(C)OC(=O)CCC(CCN)n1c(=O)[nH]c2ncccc21. The van der Waals surface area contributed by atoms with Crippen LogP contribution in [0.3, 0.4) is 0 Å². The van der Waals surface area contributed by atoms with Gasteiger partial charge in [0.15, 0.2) is 5.65 Å². The molecule has 0 aliphatic carbocycles. The van der Waals surface area contributed by atoms with E-state index in [-0.39, 0.29) is 24.1 Å². The van der Waals surface area contributed by atoms with E-state index in [2.05, 4.69) is 9.97 Å². The monoisotopic (exact) mass is 320 g/mol. The van der Waals surface area contributed by atoms with Gasteiger partial charge in [0, 0.05) is 18.7 Å². The number of aromatic amines is 1. The van der Waals surface area contributed by atoms with Crippen molar-refractivity contribution in [1.29, 1.82) is 0 Å². The molecule has 0 aliphatic heterocycles. The van der Waals surface area contributed by atoms with Crippen molar-refractivity contribution in [3.8, 4) is 0 Å². The number of carbonyl (C=O) groups excluding carboxylic acids is 1. The van der Waals surface area contributed by atoms with E-state index in [1.54, 1.807) is 16.8 Å². The quantitative estimate of drug-likeness (QED) is 0.789. The van der Waals surface area contributed by atoms with E-state index in [4.69, 9.17) is 10.5 Å². The summed E-state index contributed by atoms with van der Waals surface area (Å²) in [5, 5.41) is 0. The number of carbonyl (C=O) groups is 1. The third kappa shape index (κ3) is 4.41. The normalized spacial score (nSPS) is 13.2. The van der Waals surface area contributed by atoms with Gasteiger partial charge >= 0.3 is 11.7 Å². The number of imidazole rings is 1. The van der Waals surface area contributed by atoms with Crippen LogP contribution in [-0.2, 0) is 9.53 Å². The van der Waals surface area contributed by atoms with Gasteiger partial charge in [-0.15, -0.1) is 0 Å². The summed E-state index contributed by atoms with van der Waals surface area (Å²) in [6.07, 6.45) is 2.96. The van der Waals surface area contributed by atoms with Crippen molar-refractivity contribution >= 4 is 17.1 Å². The van der Waals surface area contributed by atoms with Gasteiger partial charge in [0.2, 0.25) is 0 Å². The van der Waals surface area contributed by atoms with Crippen LogP contribution in [0, 0.1) is 0 Å². The summed E-state index contributed by atoms with van der Waals surface area (Å²) >= 11 is 0. The summed E-state index contributed by atoms with van der Waals surface area (Å²) in [5.41, 5.74) is 6.19. The zero-order chi connectivity index (χ0) is 17.0. The summed E-state index contributed by atoms with van der Waals surface area (Å²) in [5.74, 6) is -0.273. The number of nitrogens with one attached hydrogen (secondary N) is 1. The Bertz CT molecular complexity index is 727. The molecule has 0 aliphatic rings. The molecule has 126 valence electrons. The first-order valence-electron chi connectivity index (χ1n) is 7.79. The van der Waals surface area contributed by atoms with E-state index in [0.717, 1.165) is 5.52 Å². The lowest BCUT2D eigenvalue weighted by Gasteiger charge is -2.21. The molecule has 0 spiro atoms. The third-order valence-electron chi connectivity index (χ3n) is 3.46. The molecular weight excluding hydrogens is 296 g/mol. The molecule has 1 unspecified atom stereocenters. The molecule has 0 saturated heterocycles. The lowest BCUT2D eigenvalue weighted by Crippen LogP contribution is -2.27. The van der Waals surface area contributed by atoms with Crippen LogP contribution in [-0.4, -0.2) is 32.7 Å². The minimum Gasteiger partial charge on any atom is -0.460 e. The average Bonchev–Trinajstić information content (AvgIpc) is 2.77. The van der Waals surface area contributed by atoms with E-state index >= 15 is 0 Å². The molecule has 0 bridgehead atoms. The van der Waals surface area contributed by atoms with Crippen LogP contribution in [0.4, 0.5) is 0 Å². The van der Waals surface area contributed by atoms with Crippen molar-refractivity contribution in [1.82, 2.24) is 14.5 Å². The fourth-order valence-electron chi connectivity index (χ4n) is 2.59. The number of pyridine rings is 1. The van der Waals surface area contributed by atoms with Crippen LogP contribution in [0.15, 0.2) is 23.1 Å². The first kappa shape index (κ1) is 17.2. The number of rotatable bonds is 6. The second-order valence-corrected chi connectivity index (χ2v) is 6.53. The number of nitrogens with zero attached hydrogens (tertiary/aromatic N) is 2. The zero-order valence-corrected chi connectivity index (χ0v) is 13.8. The van der Waals surface area contributed by atoms with Crippen LogP contribution >= 0.6 is 0 Å². The Morgan fingerprint density at radius 2 is 2.17 bits per heavy atom. The maximum atomic E-state index is 12.2. The highest BCUT2D eigenvalue weighted by molar-refractivity contribution is 5.71. The van der Waals surface area contributed by atoms with Crippen LogP contribution < -0.4 is 11.4 Å². The molecule has 3 N–H and O–H groups in total. The summed E-state index contributed by atoms with van der Waals surface area (Å²) in [6, 6.07) is 3.44. The number of aromatic nitrogens is 3. The number of ether oxygens (including phenoxy) is 1. The minimum atomic E-state index is -0.512. The Labute approximate surface area is 134 Å². The van der Waals surface area contributed by atoms with E-state index in [9.17, 15) is 9.59 Å². The Kier molecular flexibility index (Phi) is 5.20. The van der Waals surface area contributed by atoms with E-state index in [0.29, 0.717) is 25.0 Å². The first-order chi connectivity index (χ1) is 10.8. The predicted octanol–water partition coefficient (Wildman–Crippen LogP) is 1.74. The van der Waals surface area contributed by atoms with Gasteiger partial charge in [0.1, 0.15) is 5.60 Å². The summed E-state index contributed by atoms with van der Waals surface area (Å²) in [6.45, 7) is 5.92. The third-order valence-corrected chi connectivity index (χ3v) is 3.46. The molecular formula is C16H24N4O3. The lowest BCUT2D eigenvalue weighted by molar-refractivity contribution is -0.155.